The Balaban J connectivity index is 2.80. The van der Waals surface area contributed by atoms with Crippen molar-refractivity contribution in [3.63, 3.8) is 0 Å². The zero-order valence-electron chi connectivity index (χ0n) is 8.46. The van der Waals surface area contributed by atoms with E-state index in [0.29, 0.717) is 5.15 Å². The van der Waals surface area contributed by atoms with Crippen LogP contribution >= 0.6 is 27.5 Å². The molecule has 78 valence electrons. The standard InChI is InChI=1S/C11H10BrClN2/c1-15(2)11-9-4-3-8(12)5-7(9)6-10(13)14-11/h3-6H,1-2H3. The minimum atomic E-state index is 0.518. The highest BCUT2D eigenvalue weighted by Crippen LogP contribution is 2.28. The van der Waals surface area contributed by atoms with Crippen LogP contribution in [0, 0.1) is 0 Å². The molecule has 1 aromatic carbocycles. The SMILES string of the molecule is CN(C)c1nc(Cl)cc2cc(Br)ccc12. The lowest BCUT2D eigenvalue weighted by atomic mass is 10.1. The van der Waals surface area contributed by atoms with E-state index in [1.165, 1.54) is 0 Å². The topological polar surface area (TPSA) is 16.1 Å². The third-order valence-corrected chi connectivity index (χ3v) is 2.85. The molecule has 0 aliphatic rings. The van der Waals surface area contributed by atoms with Crippen LogP contribution in [-0.2, 0) is 0 Å². The zero-order chi connectivity index (χ0) is 11.0. The molecule has 0 atom stereocenters. The molecule has 0 spiro atoms. The van der Waals surface area contributed by atoms with Crippen molar-refractivity contribution in [2.75, 3.05) is 19.0 Å². The molecule has 0 saturated heterocycles. The van der Waals surface area contributed by atoms with Gasteiger partial charge in [0.05, 0.1) is 0 Å². The predicted octanol–water partition coefficient (Wildman–Crippen LogP) is 3.72. The van der Waals surface area contributed by atoms with E-state index >= 15 is 0 Å². The molecule has 0 amide bonds. The second-order valence-corrected chi connectivity index (χ2v) is 4.83. The number of anilines is 1. The fourth-order valence-electron chi connectivity index (χ4n) is 1.52. The first-order chi connectivity index (χ1) is 7.08. The van der Waals surface area contributed by atoms with Crippen molar-refractivity contribution in [3.8, 4) is 0 Å². The van der Waals surface area contributed by atoms with Gasteiger partial charge in [-0.1, -0.05) is 27.5 Å². The van der Waals surface area contributed by atoms with Crippen molar-refractivity contribution in [1.82, 2.24) is 4.98 Å². The van der Waals surface area contributed by atoms with Gasteiger partial charge in [0, 0.05) is 24.0 Å². The van der Waals surface area contributed by atoms with Crippen molar-refractivity contribution in [2.45, 2.75) is 0 Å². The van der Waals surface area contributed by atoms with Gasteiger partial charge in [-0.2, -0.15) is 0 Å². The summed E-state index contributed by atoms with van der Waals surface area (Å²) >= 11 is 9.41. The number of hydrogen-bond donors (Lipinski definition) is 0. The number of nitrogens with zero attached hydrogens (tertiary/aromatic N) is 2. The first-order valence-corrected chi connectivity index (χ1v) is 5.68. The quantitative estimate of drug-likeness (QED) is 0.743. The van der Waals surface area contributed by atoms with Crippen LogP contribution in [-0.4, -0.2) is 19.1 Å². The van der Waals surface area contributed by atoms with Crippen LogP contribution in [0.25, 0.3) is 10.8 Å². The van der Waals surface area contributed by atoms with Gasteiger partial charge in [0.15, 0.2) is 0 Å². The van der Waals surface area contributed by atoms with Gasteiger partial charge in [-0.25, -0.2) is 4.98 Å². The maximum absolute atomic E-state index is 5.97. The summed E-state index contributed by atoms with van der Waals surface area (Å²) in [5.74, 6) is 0.894. The number of halogens is 2. The van der Waals surface area contributed by atoms with Crippen molar-refractivity contribution < 1.29 is 0 Å². The summed E-state index contributed by atoms with van der Waals surface area (Å²) in [4.78, 5) is 6.27. The molecule has 15 heavy (non-hydrogen) atoms. The van der Waals surface area contributed by atoms with E-state index in [0.717, 1.165) is 21.1 Å². The van der Waals surface area contributed by atoms with Crippen molar-refractivity contribution in [3.05, 3.63) is 33.9 Å². The number of fused-ring (bicyclic) bond motifs is 1. The molecule has 0 unspecified atom stereocenters. The summed E-state index contributed by atoms with van der Waals surface area (Å²) in [6.45, 7) is 0. The van der Waals surface area contributed by atoms with Crippen LogP contribution in [0.2, 0.25) is 5.15 Å². The van der Waals surface area contributed by atoms with Gasteiger partial charge in [0.2, 0.25) is 0 Å². The van der Waals surface area contributed by atoms with Gasteiger partial charge < -0.3 is 4.90 Å². The smallest absolute Gasteiger partial charge is 0.137 e. The summed E-state index contributed by atoms with van der Waals surface area (Å²) in [7, 11) is 3.92. The Morgan fingerprint density at radius 1 is 1.27 bits per heavy atom. The maximum Gasteiger partial charge on any atom is 0.137 e. The van der Waals surface area contributed by atoms with Crippen molar-refractivity contribution in [1.29, 1.82) is 0 Å². The highest BCUT2D eigenvalue weighted by molar-refractivity contribution is 9.10. The van der Waals surface area contributed by atoms with Crippen LogP contribution in [0.3, 0.4) is 0 Å². The molecule has 0 radical (unpaired) electrons. The number of benzene rings is 1. The van der Waals surface area contributed by atoms with E-state index in [1.807, 2.05) is 43.3 Å². The average Bonchev–Trinajstić information content (AvgIpc) is 2.15. The Morgan fingerprint density at radius 2 is 2.00 bits per heavy atom. The second kappa shape index (κ2) is 3.99. The molecule has 0 bridgehead atoms. The van der Waals surface area contributed by atoms with E-state index in [9.17, 15) is 0 Å². The molecule has 2 aromatic rings. The minimum absolute atomic E-state index is 0.518. The van der Waals surface area contributed by atoms with Crippen LogP contribution in [0.15, 0.2) is 28.7 Å². The number of hydrogen-bond acceptors (Lipinski definition) is 2. The summed E-state index contributed by atoms with van der Waals surface area (Å²) in [5, 5.41) is 2.71. The van der Waals surface area contributed by atoms with Gasteiger partial charge in [-0.3, -0.25) is 0 Å². The molecular weight excluding hydrogens is 275 g/mol. The lowest BCUT2D eigenvalue weighted by Crippen LogP contribution is -2.11. The highest BCUT2D eigenvalue weighted by atomic mass is 79.9. The number of aromatic nitrogens is 1. The third kappa shape index (κ3) is 2.08. The van der Waals surface area contributed by atoms with Crippen LogP contribution in [0.4, 0.5) is 5.82 Å². The van der Waals surface area contributed by atoms with Crippen molar-refractivity contribution in [2.24, 2.45) is 0 Å². The van der Waals surface area contributed by atoms with Crippen LogP contribution < -0.4 is 4.90 Å². The highest BCUT2D eigenvalue weighted by Gasteiger charge is 2.06. The lowest BCUT2D eigenvalue weighted by Gasteiger charge is -2.14. The second-order valence-electron chi connectivity index (χ2n) is 3.53. The number of pyridine rings is 1. The molecule has 0 N–H and O–H groups in total. The summed E-state index contributed by atoms with van der Waals surface area (Å²) < 4.78 is 1.04. The van der Waals surface area contributed by atoms with Gasteiger partial charge >= 0.3 is 0 Å². The largest absolute Gasteiger partial charge is 0.362 e. The monoisotopic (exact) mass is 284 g/mol. The predicted molar refractivity (Wildman–Crippen MR) is 68.8 cm³/mol. The summed E-state index contributed by atoms with van der Waals surface area (Å²) in [5.41, 5.74) is 0. The Labute approximate surface area is 102 Å². The summed E-state index contributed by atoms with van der Waals surface area (Å²) in [6.07, 6.45) is 0. The fraction of sp³-hybridized carbons (Fsp3) is 0.182. The first-order valence-electron chi connectivity index (χ1n) is 4.51. The molecule has 1 heterocycles. The van der Waals surface area contributed by atoms with E-state index in [4.69, 9.17) is 11.6 Å². The summed E-state index contributed by atoms with van der Waals surface area (Å²) in [6, 6.07) is 7.95. The third-order valence-electron chi connectivity index (χ3n) is 2.17. The van der Waals surface area contributed by atoms with Crippen molar-refractivity contribution >= 4 is 44.1 Å². The fourth-order valence-corrected chi connectivity index (χ4v) is 2.10. The van der Waals surface area contributed by atoms with Gasteiger partial charge in [-0.05, 0) is 29.7 Å². The molecular formula is C11H10BrClN2. The van der Waals surface area contributed by atoms with Gasteiger partial charge in [0.1, 0.15) is 11.0 Å². The molecule has 0 aliphatic carbocycles. The minimum Gasteiger partial charge on any atom is -0.362 e. The molecule has 0 fully saturated rings. The van der Waals surface area contributed by atoms with Crippen LogP contribution in [0.1, 0.15) is 0 Å². The molecule has 0 saturated carbocycles. The number of rotatable bonds is 1. The Morgan fingerprint density at radius 3 is 2.67 bits per heavy atom. The molecule has 2 rings (SSSR count). The van der Waals surface area contributed by atoms with E-state index in [-0.39, 0.29) is 0 Å². The Kier molecular flexibility index (Phi) is 2.85. The Bertz CT molecular complexity index is 506. The first kappa shape index (κ1) is 10.7. The molecule has 2 nitrogen and oxygen atoms in total. The van der Waals surface area contributed by atoms with E-state index in [1.54, 1.807) is 0 Å². The normalized spacial score (nSPS) is 10.7. The molecule has 4 heteroatoms. The zero-order valence-corrected chi connectivity index (χ0v) is 10.8. The van der Waals surface area contributed by atoms with Gasteiger partial charge in [-0.15, -0.1) is 0 Å². The average molecular weight is 286 g/mol. The van der Waals surface area contributed by atoms with E-state index in [2.05, 4.69) is 20.9 Å². The van der Waals surface area contributed by atoms with Crippen LogP contribution in [0.5, 0.6) is 0 Å². The lowest BCUT2D eigenvalue weighted by molar-refractivity contribution is 1.08. The maximum atomic E-state index is 5.97. The van der Waals surface area contributed by atoms with Gasteiger partial charge in [0.25, 0.3) is 0 Å². The Hall–Kier alpha value is -0.800. The molecule has 0 aliphatic heterocycles. The molecule has 1 aromatic heterocycles. The van der Waals surface area contributed by atoms with E-state index < -0.39 is 0 Å².